The van der Waals surface area contributed by atoms with Gasteiger partial charge in [-0.2, -0.15) is 4.31 Å². The quantitative estimate of drug-likeness (QED) is 0.310. The van der Waals surface area contributed by atoms with Crippen molar-refractivity contribution in [1.29, 1.82) is 0 Å². The number of likely N-dealkylation sites (N-methyl/N-ethyl adjacent to an activating group) is 1. The van der Waals surface area contributed by atoms with Gasteiger partial charge in [0.05, 0.1) is 29.6 Å². The van der Waals surface area contributed by atoms with E-state index in [1.54, 1.807) is 20.2 Å². The molecule has 1 aromatic carbocycles. The monoisotopic (exact) mass is 500 g/mol. The van der Waals surface area contributed by atoms with Crippen LogP contribution < -0.4 is 5.32 Å². The number of carbonyl (C=O) groups excluding carboxylic acids is 1. The van der Waals surface area contributed by atoms with E-state index in [0.29, 0.717) is 17.3 Å². The number of nitrogens with zero attached hydrogens (tertiary/aromatic N) is 3. The Hall–Kier alpha value is -2.42. The zero-order valence-electron chi connectivity index (χ0n) is 18.8. The molecule has 1 atom stereocenters. The number of hydrogen-bond acceptors (Lipinski definition) is 10. The number of rotatable bonds is 13. The number of aliphatic hydroxyl groups excluding tert-OH is 1. The molecule has 0 spiro atoms. The Morgan fingerprint density at radius 2 is 1.97 bits per heavy atom. The first kappa shape index (κ1) is 26.8. The van der Waals surface area contributed by atoms with Crippen LogP contribution in [-0.2, 0) is 35.7 Å². The van der Waals surface area contributed by atoms with Crippen LogP contribution in [0.25, 0.3) is 0 Å². The molecule has 1 heterocycles. The maximum atomic E-state index is 13.0. The van der Waals surface area contributed by atoms with Crippen LogP contribution in [0.4, 0.5) is 5.13 Å². The number of oxime groups is 1. The maximum Gasteiger partial charge on any atom is 0.280 e. The molecule has 33 heavy (non-hydrogen) atoms. The van der Waals surface area contributed by atoms with Crippen LogP contribution in [0.1, 0.15) is 17.4 Å². The van der Waals surface area contributed by atoms with Crippen LogP contribution in [-0.4, -0.2) is 81.6 Å². The second-order valence-electron chi connectivity index (χ2n) is 6.90. The Bertz CT molecular complexity index is 1040. The SMILES string of the molecule is COCc1cnc(NC(=O)/C(=N/O[C@H](C)COC)c2ccc(S(=O)(=O)N(C)CCO)cc2)s1. The lowest BCUT2D eigenvalue weighted by Crippen LogP contribution is -2.29. The molecule has 1 aromatic heterocycles. The normalized spacial score (nSPS) is 13.2. The number of thiazole rings is 1. The van der Waals surface area contributed by atoms with Gasteiger partial charge in [0, 0.05) is 39.6 Å². The second kappa shape index (κ2) is 12.7. The summed E-state index contributed by atoms with van der Waals surface area (Å²) in [7, 11) is 0.669. The molecule has 0 fully saturated rings. The smallest absolute Gasteiger partial charge is 0.280 e. The van der Waals surface area contributed by atoms with E-state index in [-0.39, 0.29) is 30.4 Å². The van der Waals surface area contributed by atoms with Crippen molar-refractivity contribution < 1.29 is 32.6 Å². The van der Waals surface area contributed by atoms with Crippen LogP contribution >= 0.6 is 11.3 Å². The van der Waals surface area contributed by atoms with E-state index in [1.165, 1.54) is 49.8 Å². The molecule has 0 aliphatic rings. The summed E-state index contributed by atoms with van der Waals surface area (Å²) in [5.74, 6) is -0.578. The average molecular weight is 501 g/mol. The van der Waals surface area contributed by atoms with Gasteiger partial charge in [0.2, 0.25) is 10.0 Å². The molecule has 0 aliphatic heterocycles. The molecule has 0 unspecified atom stereocenters. The van der Waals surface area contributed by atoms with Gasteiger partial charge in [0.15, 0.2) is 10.8 Å². The van der Waals surface area contributed by atoms with Crippen LogP contribution in [0, 0.1) is 0 Å². The molecule has 2 rings (SSSR count). The third-order valence-electron chi connectivity index (χ3n) is 4.25. The topological polar surface area (TPSA) is 140 Å². The fraction of sp³-hybridized carbons (Fsp3) is 0.450. The molecule has 0 radical (unpaired) electrons. The zero-order valence-corrected chi connectivity index (χ0v) is 20.5. The summed E-state index contributed by atoms with van der Waals surface area (Å²) < 4.78 is 36.3. The number of carbonyl (C=O) groups is 1. The van der Waals surface area contributed by atoms with Crippen LogP contribution in [0.5, 0.6) is 0 Å². The van der Waals surface area contributed by atoms with Crippen molar-refractivity contribution in [2.45, 2.75) is 24.5 Å². The summed E-state index contributed by atoms with van der Waals surface area (Å²) in [5.41, 5.74) is 0.281. The van der Waals surface area contributed by atoms with Crippen molar-refractivity contribution in [2.75, 3.05) is 46.3 Å². The Morgan fingerprint density at radius 3 is 2.58 bits per heavy atom. The summed E-state index contributed by atoms with van der Waals surface area (Å²) in [4.78, 5) is 23.3. The van der Waals surface area contributed by atoms with E-state index >= 15 is 0 Å². The number of nitrogens with one attached hydrogen (secondary N) is 1. The number of amides is 1. The molecular weight excluding hydrogens is 472 g/mol. The number of hydrogen-bond donors (Lipinski definition) is 2. The summed E-state index contributed by atoms with van der Waals surface area (Å²) in [6.45, 7) is 2.02. The third-order valence-corrected chi connectivity index (χ3v) is 7.01. The molecule has 1 amide bonds. The van der Waals surface area contributed by atoms with Gasteiger partial charge in [-0.1, -0.05) is 28.6 Å². The zero-order chi connectivity index (χ0) is 24.4. The molecule has 2 N–H and O–H groups in total. The fourth-order valence-electron chi connectivity index (χ4n) is 2.59. The third kappa shape index (κ3) is 7.55. The van der Waals surface area contributed by atoms with Crippen molar-refractivity contribution in [2.24, 2.45) is 5.16 Å². The van der Waals surface area contributed by atoms with E-state index in [4.69, 9.17) is 19.4 Å². The summed E-state index contributed by atoms with van der Waals surface area (Å²) in [5, 5.41) is 16.0. The molecule has 0 saturated heterocycles. The molecule has 0 bridgehead atoms. The van der Waals surface area contributed by atoms with Gasteiger partial charge < -0.3 is 19.4 Å². The van der Waals surface area contributed by atoms with E-state index in [1.807, 2.05) is 0 Å². The summed E-state index contributed by atoms with van der Waals surface area (Å²) in [6, 6.07) is 5.64. The van der Waals surface area contributed by atoms with Crippen molar-refractivity contribution in [3.05, 3.63) is 40.9 Å². The summed E-state index contributed by atoms with van der Waals surface area (Å²) in [6.07, 6.45) is 1.18. The van der Waals surface area contributed by atoms with Gasteiger partial charge in [-0.15, -0.1) is 0 Å². The maximum absolute atomic E-state index is 13.0. The highest BCUT2D eigenvalue weighted by Crippen LogP contribution is 2.20. The largest absolute Gasteiger partial charge is 0.395 e. The number of benzene rings is 1. The van der Waals surface area contributed by atoms with Crippen molar-refractivity contribution >= 4 is 38.1 Å². The van der Waals surface area contributed by atoms with E-state index in [2.05, 4.69) is 15.5 Å². The second-order valence-corrected chi connectivity index (χ2v) is 10.1. The molecule has 13 heteroatoms. The van der Waals surface area contributed by atoms with Gasteiger partial charge in [-0.25, -0.2) is 13.4 Å². The Balaban J connectivity index is 2.31. The minimum Gasteiger partial charge on any atom is -0.395 e. The fourth-order valence-corrected chi connectivity index (χ4v) is 4.53. The standard InChI is InChI=1S/C20H28N4O7S2/c1-14(12-29-3)31-23-18(19(26)22-20-21-11-16(32-20)13-30-4)15-5-7-17(8-6-15)33(27,28)24(2)9-10-25/h5-8,11,14,25H,9-10,12-13H2,1-4H3,(H,21,22,26)/b23-18+/t14-/m1/s1. The highest BCUT2D eigenvalue weighted by molar-refractivity contribution is 7.89. The Kier molecular flexibility index (Phi) is 10.3. The van der Waals surface area contributed by atoms with Crippen molar-refractivity contribution in [3.8, 4) is 0 Å². The van der Waals surface area contributed by atoms with Crippen molar-refractivity contribution in [3.63, 3.8) is 0 Å². The molecule has 0 saturated carbocycles. The molecule has 11 nitrogen and oxygen atoms in total. The number of aliphatic hydroxyl groups is 1. The number of aromatic nitrogens is 1. The highest BCUT2D eigenvalue weighted by Gasteiger charge is 2.22. The van der Waals surface area contributed by atoms with E-state index in [0.717, 1.165) is 9.18 Å². The average Bonchev–Trinajstić information content (AvgIpc) is 3.21. The lowest BCUT2D eigenvalue weighted by atomic mass is 10.1. The Labute approximate surface area is 197 Å². The first-order valence-electron chi connectivity index (χ1n) is 9.88. The van der Waals surface area contributed by atoms with E-state index < -0.39 is 22.0 Å². The molecule has 2 aromatic rings. The van der Waals surface area contributed by atoms with Gasteiger partial charge in [0.1, 0.15) is 6.10 Å². The van der Waals surface area contributed by atoms with Crippen LogP contribution in [0.2, 0.25) is 0 Å². The molecule has 0 aliphatic carbocycles. The number of anilines is 1. The first-order chi connectivity index (χ1) is 15.7. The lowest BCUT2D eigenvalue weighted by Gasteiger charge is -2.16. The van der Waals surface area contributed by atoms with Crippen LogP contribution in [0.15, 0.2) is 40.5 Å². The van der Waals surface area contributed by atoms with Gasteiger partial charge in [-0.05, 0) is 19.1 Å². The van der Waals surface area contributed by atoms with Gasteiger partial charge in [-0.3, -0.25) is 10.1 Å². The Morgan fingerprint density at radius 1 is 1.27 bits per heavy atom. The van der Waals surface area contributed by atoms with E-state index in [9.17, 15) is 13.2 Å². The molecular formula is C20H28N4O7S2. The van der Waals surface area contributed by atoms with Gasteiger partial charge in [0.25, 0.3) is 5.91 Å². The minimum atomic E-state index is -3.78. The predicted molar refractivity (Wildman–Crippen MR) is 124 cm³/mol. The lowest BCUT2D eigenvalue weighted by molar-refractivity contribution is -0.110. The number of sulfonamides is 1. The van der Waals surface area contributed by atoms with Crippen LogP contribution in [0.3, 0.4) is 0 Å². The number of methoxy groups -OCH3 is 2. The van der Waals surface area contributed by atoms with Gasteiger partial charge >= 0.3 is 0 Å². The predicted octanol–water partition coefficient (Wildman–Crippen LogP) is 1.30. The first-order valence-corrected chi connectivity index (χ1v) is 12.1. The van der Waals surface area contributed by atoms with Crippen molar-refractivity contribution in [1.82, 2.24) is 9.29 Å². The molecule has 182 valence electrons. The minimum absolute atomic E-state index is 0.0137. The number of ether oxygens (including phenoxy) is 2. The summed E-state index contributed by atoms with van der Waals surface area (Å²) >= 11 is 1.26. The highest BCUT2D eigenvalue weighted by atomic mass is 32.2.